The van der Waals surface area contributed by atoms with Gasteiger partial charge in [-0.2, -0.15) is 0 Å². The molecule has 2 N–H and O–H groups in total. The van der Waals surface area contributed by atoms with E-state index >= 15 is 0 Å². The van der Waals surface area contributed by atoms with Crippen molar-refractivity contribution in [3.8, 4) is 0 Å². The van der Waals surface area contributed by atoms with E-state index in [1.807, 2.05) is 0 Å². The van der Waals surface area contributed by atoms with Crippen LogP contribution in [0.5, 0.6) is 0 Å². The van der Waals surface area contributed by atoms with E-state index in [-0.39, 0.29) is 23.1 Å². The van der Waals surface area contributed by atoms with Crippen molar-refractivity contribution in [2.45, 2.75) is 57.7 Å². The van der Waals surface area contributed by atoms with E-state index in [4.69, 9.17) is 4.74 Å². The zero-order chi connectivity index (χ0) is 13.8. The summed E-state index contributed by atoms with van der Waals surface area (Å²) in [6, 6.07) is 0. The zero-order valence-corrected chi connectivity index (χ0v) is 12.0. The number of piperidine rings is 1. The second-order valence-electron chi connectivity index (χ2n) is 6.29. The minimum Gasteiger partial charge on any atom is -0.376 e. The normalized spacial score (nSPS) is 22.4. The van der Waals surface area contributed by atoms with Gasteiger partial charge in [-0.05, 0) is 46.6 Å². The van der Waals surface area contributed by atoms with E-state index < -0.39 is 0 Å². The van der Waals surface area contributed by atoms with Gasteiger partial charge in [0.25, 0.3) is 0 Å². The Labute approximate surface area is 110 Å². The molecule has 4 nitrogen and oxygen atoms in total. The van der Waals surface area contributed by atoms with E-state index in [0.717, 1.165) is 12.8 Å². The third-order valence-corrected chi connectivity index (χ3v) is 3.09. The van der Waals surface area contributed by atoms with Crippen molar-refractivity contribution in [2.75, 3.05) is 13.2 Å². The lowest BCUT2D eigenvalue weighted by atomic mass is 9.81. The summed E-state index contributed by atoms with van der Waals surface area (Å²) in [7, 11) is 0. The molecule has 0 aromatic rings. The van der Waals surface area contributed by atoms with Gasteiger partial charge < -0.3 is 15.4 Å². The summed E-state index contributed by atoms with van der Waals surface area (Å²) in [5.41, 5.74) is 0.188. The van der Waals surface area contributed by atoms with Crippen LogP contribution in [0.25, 0.3) is 0 Å². The highest BCUT2D eigenvalue weighted by Gasteiger charge is 2.37. The highest BCUT2D eigenvalue weighted by Crippen LogP contribution is 2.30. The molecule has 1 rings (SSSR count). The van der Waals surface area contributed by atoms with E-state index in [9.17, 15) is 4.79 Å². The van der Waals surface area contributed by atoms with Gasteiger partial charge in [0.05, 0.1) is 12.7 Å². The van der Waals surface area contributed by atoms with Gasteiger partial charge in [-0.15, -0.1) is 0 Å². The summed E-state index contributed by atoms with van der Waals surface area (Å²) in [5, 5.41) is 6.33. The quantitative estimate of drug-likeness (QED) is 0.579. The Kier molecular flexibility index (Phi) is 4.93. The highest BCUT2D eigenvalue weighted by molar-refractivity contribution is 5.86. The standard InChI is InChI=1S/C14H26N2O2/c1-6-12(17)15-7-8-18-11-9-13(2,3)16-14(4,5)10-11/h6,11,16H,1,7-10H2,2-5H3,(H,15,17). The molecule has 1 aliphatic rings. The molecule has 104 valence electrons. The van der Waals surface area contributed by atoms with Gasteiger partial charge in [-0.3, -0.25) is 4.79 Å². The van der Waals surface area contributed by atoms with Crippen molar-refractivity contribution >= 4 is 5.91 Å². The smallest absolute Gasteiger partial charge is 0.243 e. The molecule has 0 aromatic carbocycles. The average Bonchev–Trinajstić information content (AvgIpc) is 2.19. The van der Waals surface area contributed by atoms with Crippen molar-refractivity contribution in [2.24, 2.45) is 0 Å². The number of nitrogens with one attached hydrogen (secondary N) is 2. The maximum absolute atomic E-state index is 11.0. The van der Waals surface area contributed by atoms with Crippen molar-refractivity contribution in [3.63, 3.8) is 0 Å². The SMILES string of the molecule is C=CC(=O)NCCOC1CC(C)(C)NC(C)(C)C1. The molecule has 1 amide bonds. The number of carbonyl (C=O) groups excluding carboxylic acids is 1. The number of carbonyl (C=O) groups is 1. The van der Waals surface area contributed by atoms with E-state index in [2.05, 4.69) is 44.9 Å². The fourth-order valence-corrected chi connectivity index (χ4v) is 2.82. The van der Waals surface area contributed by atoms with Crippen molar-refractivity contribution in [1.29, 1.82) is 0 Å². The van der Waals surface area contributed by atoms with Crippen molar-refractivity contribution in [1.82, 2.24) is 10.6 Å². The minimum atomic E-state index is -0.149. The highest BCUT2D eigenvalue weighted by atomic mass is 16.5. The summed E-state index contributed by atoms with van der Waals surface area (Å²) >= 11 is 0. The molecule has 1 aliphatic heterocycles. The third-order valence-electron chi connectivity index (χ3n) is 3.09. The molecular formula is C14H26N2O2. The first kappa shape index (κ1) is 15.2. The largest absolute Gasteiger partial charge is 0.376 e. The Morgan fingerprint density at radius 1 is 1.39 bits per heavy atom. The molecule has 0 saturated carbocycles. The molecule has 0 radical (unpaired) electrons. The summed E-state index contributed by atoms with van der Waals surface area (Å²) in [4.78, 5) is 11.0. The monoisotopic (exact) mass is 254 g/mol. The molecule has 0 atom stereocenters. The number of rotatable bonds is 5. The summed E-state index contributed by atoms with van der Waals surface area (Å²) in [6.45, 7) is 13.3. The second-order valence-corrected chi connectivity index (χ2v) is 6.29. The molecular weight excluding hydrogens is 228 g/mol. The fraction of sp³-hybridized carbons (Fsp3) is 0.786. The number of ether oxygens (including phenoxy) is 1. The lowest BCUT2D eigenvalue weighted by Crippen LogP contribution is -2.59. The number of hydrogen-bond acceptors (Lipinski definition) is 3. The first-order valence-electron chi connectivity index (χ1n) is 6.55. The van der Waals surface area contributed by atoms with Crippen LogP contribution < -0.4 is 10.6 Å². The lowest BCUT2D eigenvalue weighted by Gasteiger charge is -2.46. The van der Waals surface area contributed by atoms with Crippen LogP contribution in [0.1, 0.15) is 40.5 Å². The van der Waals surface area contributed by atoms with Gasteiger partial charge in [0.15, 0.2) is 0 Å². The van der Waals surface area contributed by atoms with Gasteiger partial charge in [-0.1, -0.05) is 6.58 Å². The van der Waals surface area contributed by atoms with Crippen LogP contribution in [-0.4, -0.2) is 36.2 Å². The number of hydrogen-bond donors (Lipinski definition) is 2. The van der Waals surface area contributed by atoms with Crippen LogP contribution in [0.4, 0.5) is 0 Å². The van der Waals surface area contributed by atoms with E-state index in [1.54, 1.807) is 0 Å². The predicted molar refractivity (Wildman–Crippen MR) is 73.5 cm³/mol. The average molecular weight is 254 g/mol. The Morgan fingerprint density at radius 2 is 1.94 bits per heavy atom. The Bertz CT molecular complexity index is 295. The topological polar surface area (TPSA) is 50.4 Å². The molecule has 1 fully saturated rings. The Balaban J connectivity index is 2.33. The summed E-state index contributed by atoms with van der Waals surface area (Å²) in [6.07, 6.45) is 3.51. The Hall–Kier alpha value is -0.870. The third kappa shape index (κ3) is 5.19. The van der Waals surface area contributed by atoms with Crippen LogP contribution in [0.15, 0.2) is 12.7 Å². The van der Waals surface area contributed by atoms with Crippen LogP contribution >= 0.6 is 0 Å². The summed E-state index contributed by atoms with van der Waals surface area (Å²) in [5.74, 6) is -0.149. The molecule has 1 heterocycles. The predicted octanol–water partition coefficient (Wildman–Crippen LogP) is 1.61. The van der Waals surface area contributed by atoms with Gasteiger partial charge in [0.1, 0.15) is 0 Å². The minimum absolute atomic E-state index is 0.0940. The molecule has 0 aromatic heterocycles. The van der Waals surface area contributed by atoms with Gasteiger partial charge in [-0.25, -0.2) is 0 Å². The zero-order valence-electron chi connectivity index (χ0n) is 12.0. The van der Waals surface area contributed by atoms with Gasteiger partial charge in [0, 0.05) is 17.6 Å². The van der Waals surface area contributed by atoms with Crippen LogP contribution in [0, 0.1) is 0 Å². The van der Waals surface area contributed by atoms with Crippen LogP contribution in [0.2, 0.25) is 0 Å². The molecule has 0 bridgehead atoms. The maximum Gasteiger partial charge on any atom is 0.243 e. The molecule has 18 heavy (non-hydrogen) atoms. The van der Waals surface area contributed by atoms with Gasteiger partial charge >= 0.3 is 0 Å². The Morgan fingerprint density at radius 3 is 2.44 bits per heavy atom. The molecule has 0 aliphatic carbocycles. The van der Waals surface area contributed by atoms with Crippen LogP contribution in [0.3, 0.4) is 0 Å². The van der Waals surface area contributed by atoms with E-state index in [0.29, 0.717) is 13.2 Å². The molecule has 1 saturated heterocycles. The van der Waals surface area contributed by atoms with Crippen LogP contribution in [-0.2, 0) is 9.53 Å². The van der Waals surface area contributed by atoms with E-state index in [1.165, 1.54) is 6.08 Å². The fourth-order valence-electron chi connectivity index (χ4n) is 2.82. The van der Waals surface area contributed by atoms with Crippen molar-refractivity contribution in [3.05, 3.63) is 12.7 Å². The molecule has 0 unspecified atom stereocenters. The second kappa shape index (κ2) is 5.85. The molecule has 4 heteroatoms. The maximum atomic E-state index is 11.0. The van der Waals surface area contributed by atoms with Crippen molar-refractivity contribution < 1.29 is 9.53 Å². The number of amides is 1. The summed E-state index contributed by atoms with van der Waals surface area (Å²) < 4.78 is 5.86. The lowest BCUT2D eigenvalue weighted by molar-refractivity contribution is -0.117. The molecule has 0 spiro atoms. The first-order valence-corrected chi connectivity index (χ1v) is 6.55. The van der Waals surface area contributed by atoms with Gasteiger partial charge in [0.2, 0.25) is 5.91 Å². The first-order chi connectivity index (χ1) is 8.24.